The molecular formula is C13H25N3O5. The SMILES string of the molecule is CC[C@H](C)[C@H](N)C(=O)N[C@H](C(=O)N[C@@H](C=O)CO)[C@H](C)O. The van der Waals surface area contributed by atoms with Crippen molar-refractivity contribution < 1.29 is 24.6 Å². The third-order valence-electron chi connectivity index (χ3n) is 3.31. The highest BCUT2D eigenvalue weighted by atomic mass is 16.3. The van der Waals surface area contributed by atoms with Crippen LogP contribution >= 0.6 is 0 Å². The van der Waals surface area contributed by atoms with Gasteiger partial charge in [-0.25, -0.2) is 0 Å². The summed E-state index contributed by atoms with van der Waals surface area (Å²) in [6, 6.07) is -3.13. The first-order valence-electron chi connectivity index (χ1n) is 6.88. The van der Waals surface area contributed by atoms with Crippen molar-refractivity contribution in [1.82, 2.24) is 10.6 Å². The molecule has 6 N–H and O–H groups in total. The van der Waals surface area contributed by atoms with E-state index in [9.17, 15) is 19.5 Å². The maximum absolute atomic E-state index is 11.9. The molecule has 0 rings (SSSR count). The fourth-order valence-corrected chi connectivity index (χ4v) is 1.56. The van der Waals surface area contributed by atoms with Crippen LogP contribution in [0.5, 0.6) is 0 Å². The van der Waals surface area contributed by atoms with Crippen LogP contribution < -0.4 is 16.4 Å². The van der Waals surface area contributed by atoms with Crippen molar-refractivity contribution in [2.45, 2.75) is 51.4 Å². The lowest BCUT2D eigenvalue weighted by molar-refractivity contribution is -0.133. The van der Waals surface area contributed by atoms with Gasteiger partial charge >= 0.3 is 0 Å². The van der Waals surface area contributed by atoms with Gasteiger partial charge in [0.1, 0.15) is 18.4 Å². The molecule has 0 aliphatic heterocycles. The van der Waals surface area contributed by atoms with Gasteiger partial charge in [0.15, 0.2) is 0 Å². The normalized spacial score (nSPS) is 18.0. The second kappa shape index (κ2) is 9.43. The van der Waals surface area contributed by atoms with Crippen LogP contribution in [0, 0.1) is 5.92 Å². The van der Waals surface area contributed by atoms with Crippen molar-refractivity contribution in [3.05, 3.63) is 0 Å². The topological polar surface area (TPSA) is 142 Å². The number of nitrogens with one attached hydrogen (secondary N) is 2. The largest absolute Gasteiger partial charge is 0.394 e. The third kappa shape index (κ3) is 6.19. The molecule has 0 saturated carbocycles. The van der Waals surface area contributed by atoms with Gasteiger partial charge in [-0.05, 0) is 12.8 Å². The molecule has 0 aromatic carbocycles. The molecule has 0 aromatic rings. The van der Waals surface area contributed by atoms with Crippen molar-refractivity contribution in [1.29, 1.82) is 0 Å². The van der Waals surface area contributed by atoms with E-state index in [-0.39, 0.29) is 5.92 Å². The Morgan fingerprint density at radius 2 is 1.81 bits per heavy atom. The lowest BCUT2D eigenvalue weighted by Gasteiger charge is -2.25. The maximum atomic E-state index is 11.9. The molecular weight excluding hydrogens is 278 g/mol. The summed E-state index contributed by atoms with van der Waals surface area (Å²) in [4.78, 5) is 34.4. The smallest absolute Gasteiger partial charge is 0.245 e. The van der Waals surface area contributed by atoms with Crippen LogP contribution in [0.25, 0.3) is 0 Å². The number of hydrogen-bond acceptors (Lipinski definition) is 6. The number of amides is 2. The highest BCUT2D eigenvalue weighted by Crippen LogP contribution is 2.06. The average molecular weight is 303 g/mol. The summed E-state index contributed by atoms with van der Waals surface area (Å²) in [6.07, 6.45) is -0.120. The fraction of sp³-hybridized carbons (Fsp3) is 0.769. The van der Waals surface area contributed by atoms with E-state index in [0.29, 0.717) is 12.7 Å². The van der Waals surface area contributed by atoms with Crippen LogP contribution in [0.15, 0.2) is 0 Å². The Bertz CT molecular complexity index is 362. The molecule has 0 aliphatic carbocycles. The summed E-state index contributed by atoms with van der Waals surface area (Å²) in [7, 11) is 0. The fourth-order valence-electron chi connectivity index (χ4n) is 1.56. The molecule has 0 heterocycles. The number of rotatable bonds is 9. The van der Waals surface area contributed by atoms with Gasteiger partial charge < -0.3 is 31.4 Å². The van der Waals surface area contributed by atoms with Crippen molar-refractivity contribution in [2.75, 3.05) is 6.61 Å². The van der Waals surface area contributed by atoms with Crippen LogP contribution in [0.4, 0.5) is 0 Å². The van der Waals surface area contributed by atoms with Gasteiger partial charge in [0.05, 0.1) is 18.8 Å². The van der Waals surface area contributed by atoms with E-state index in [0.717, 1.165) is 0 Å². The summed E-state index contributed by atoms with van der Waals surface area (Å²) in [5.74, 6) is -1.40. The summed E-state index contributed by atoms with van der Waals surface area (Å²) in [5.41, 5.74) is 5.75. The molecule has 0 radical (unpaired) electrons. The molecule has 0 spiro atoms. The second-order valence-corrected chi connectivity index (χ2v) is 5.07. The summed E-state index contributed by atoms with van der Waals surface area (Å²) in [6.45, 7) is 4.44. The Balaban J connectivity index is 4.80. The van der Waals surface area contributed by atoms with Crippen LogP contribution in [-0.2, 0) is 14.4 Å². The predicted molar refractivity (Wildman–Crippen MR) is 76.1 cm³/mol. The van der Waals surface area contributed by atoms with E-state index in [1.807, 2.05) is 6.92 Å². The minimum atomic E-state index is -1.25. The zero-order valence-corrected chi connectivity index (χ0v) is 12.6. The molecule has 5 atom stereocenters. The first-order chi connectivity index (χ1) is 9.78. The quantitative estimate of drug-likeness (QED) is 0.309. The van der Waals surface area contributed by atoms with Crippen molar-refractivity contribution in [2.24, 2.45) is 11.7 Å². The number of nitrogens with two attached hydrogens (primary N) is 1. The summed E-state index contributed by atoms with van der Waals surface area (Å²) < 4.78 is 0. The Morgan fingerprint density at radius 3 is 2.19 bits per heavy atom. The van der Waals surface area contributed by atoms with E-state index in [1.165, 1.54) is 6.92 Å². The first kappa shape index (κ1) is 19.5. The summed E-state index contributed by atoms with van der Waals surface area (Å²) in [5, 5.41) is 23.0. The Morgan fingerprint density at radius 1 is 1.24 bits per heavy atom. The van der Waals surface area contributed by atoms with Crippen LogP contribution in [-0.4, -0.2) is 59.1 Å². The van der Waals surface area contributed by atoms with E-state index in [1.54, 1.807) is 6.92 Å². The number of aliphatic hydroxyl groups excluding tert-OH is 2. The van der Waals surface area contributed by atoms with Gasteiger partial charge in [-0.3, -0.25) is 9.59 Å². The molecule has 0 unspecified atom stereocenters. The van der Waals surface area contributed by atoms with Gasteiger partial charge in [-0.1, -0.05) is 20.3 Å². The molecule has 2 amide bonds. The van der Waals surface area contributed by atoms with E-state index in [2.05, 4.69) is 10.6 Å². The van der Waals surface area contributed by atoms with Gasteiger partial charge in [0, 0.05) is 0 Å². The van der Waals surface area contributed by atoms with Gasteiger partial charge in [0.25, 0.3) is 0 Å². The first-order valence-corrected chi connectivity index (χ1v) is 6.88. The second-order valence-electron chi connectivity index (χ2n) is 5.07. The zero-order chi connectivity index (χ0) is 16.6. The molecule has 0 aromatic heterocycles. The van der Waals surface area contributed by atoms with Crippen LogP contribution in [0.1, 0.15) is 27.2 Å². The van der Waals surface area contributed by atoms with Gasteiger partial charge in [-0.15, -0.1) is 0 Å². The van der Waals surface area contributed by atoms with Crippen molar-refractivity contribution in [3.63, 3.8) is 0 Å². The lowest BCUT2D eigenvalue weighted by Crippen LogP contribution is -2.58. The molecule has 21 heavy (non-hydrogen) atoms. The van der Waals surface area contributed by atoms with Gasteiger partial charge in [-0.2, -0.15) is 0 Å². The Hall–Kier alpha value is -1.51. The minimum absolute atomic E-state index is 0.0807. The molecule has 0 saturated heterocycles. The minimum Gasteiger partial charge on any atom is -0.394 e. The number of hydrogen-bond donors (Lipinski definition) is 5. The van der Waals surface area contributed by atoms with E-state index < -0.39 is 42.7 Å². The molecule has 8 heteroatoms. The maximum Gasteiger partial charge on any atom is 0.245 e. The average Bonchev–Trinajstić information content (AvgIpc) is 2.47. The van der Waals surface area contributed by atoms with E-state index >= 15 is 0 Å². The Labute approximate surface area is 124 Å². The Kier molecular flexibility index (Phi) is 8.75. The van der Waals surface area contributed by atoms with E-state index in [4.69, 9.17) is 10.8 Å². The molecule has 122 valence electrons. The highest BCUT2D eigenvalue weighted by molar-refractivity contribution is 5.91. The van der Waals surface area contributed by atoms with Crippen molar-refractivity contribution >= 4 is 18.1 Å². The van der Waals surface area contributed by atoms with Crippen LogP contribution in [0.2, 0.25) is 0 Å². The predicted octanol–water partition coefficient (Wildman–Crippen LogP) is -2.10. The molecule has 0 aliphatic rings. The standard InChI is InChI=1S/C13H25N3O5/c1-4-7(2)10(14)12(20)16-11(8(3)19)13(21)15-9(5-17)6-18/h5,7-11,18-19H,4,6,14H2,1-3H3,(H,15,21)(H,16,20)/t7-,8-,9-,10-,11-/m0/s1. The number of aldehydes is 1. The highest BCUT2D eigenvalue weighted by Gasteiger charge is 2.30. The molecule has 8 nitrogen and oxygen atoms in total. The summed E-state index contributed by atoms with van der Waals surface area (Å²) >= 11 is 0. The zero-order valence-electron chi connectivity index (χ0n) is 12.6. The number of aliphatic hydroxyl groups is 2. The number of carbonyl (C=O) groups is 3. The molecule has 0 bridgehead atoms. The monoisotopic (exact) mass is 303 g/mol. The van der Waals surface area contributed by atoms with Gasteiger partial charge in [0.2, 0.25) is 11.8 Å². The molecule has 0 fully saturated rings. The van der Waals surface area contributed by atoms with Crippen LogP contribution in [0.3, 0.4) is 0 Å². The number of carbonyl (C=O) groups excluding carboxylic acids is 3. The lowest BCUT2D eigenvalue weighted by atomic mass is 9.98. The van der Waals surface area contributed by atoms with Crippen molar-refractivity contribution in [3.8, 4) is 0 Å². The third-order valence-corrected chi connectivity index (χ3v) is 3.31.